The van der Waals surface area contributed by atoms with Gasteiger partial charge in [-0.3, -0.25) is 9.59 Å². The zero-order valence-corrected chi connectivity index (χ0v) is 14.8. The van der Waals surface area contributed by atoms with Gasteiger partial charge in [0.15, 0.2) is 0 Å². The van der Waals surface area contributed by atoms with Crippen molar-refractivity contribution in [3.05, 3.63) is 59.1 Å². The summed E-state index contributed by atoms with van der Waals surface area (Å²) in [6, 6.07) is 7.91. The molecule has 0 aliphatic carbocycles. The van der Waals surface area contributed by atoms with Crippen LogP contribution in [-0.4, -0.2) is 11.8 Å². The normalized spacial score (nSPS) is 10.8. The Balaban J connectivity index is 1.79. The molecule has 2 amide bonds. The molecule has 5 nitrogen and oxygen atoms in total. The largest absolute Gasteiger partial charge is 0.464 e. The Morgan fingerprint density at radius 2 is 1.88 bits per heavy atom. The van der Waals surface area contributed by atoms with Crippen molar-refractivity contribution in [3.63, 3.8) is 0 Å². The van der Waals surface area contributed by atoms with Crippen LogP contribution in [0.1, 0.15) is 23.6 Å². The molecule has 0 radical (unpaired) electrons. The van der Waals surface area contributed by atoms with Crippen LogP contribution in [0.25, 0.3) is 11.0 Å². The summed E-state index contributed by atoms with van der Waals surface area (Å²) < 4.78 is 19.5. The van der Waals surface area contributed by atoms with E-state index in [4.69, 9.17) is 4.42 Å². The van der Waals surface area contributed by atoms with Gasteiger partial charge in [-0.2, -0.15) is 0 Å². The number of carbonyl (C=O) groups is 2. The van der Waals surface area contributed by atoms with Crippen LogP contribution in [0.15, 0.2) is 41.0 Å². The van der Waals surface area contributed by atoms with E-state index in [0.29, 0.717) is 5.69 Å². The van der Waals surface area contributed by atoms with Gasteiger partial charge < -0.3 is 15.1 Å². The Morgan fingerprint density at radius 1 is 1.12 bits per heavy atom. The van der Waals surface area contributed by atoms with Crippen molar-refractivity contribution in [2.24, 2.45) is 0 Å². The molecule has 6 heteroatoms. The number of rotatable bonds is 4. The molecule has 0 atom stereocenters. The lowest BCUT2D eigenvalue weighted by Crippen LogP contribution is -2.15. The number of fused-ring (bicyclic) bond motifs is 1. The maximum absolute atomic E-state index is 14.0. The highest BCUT2D eigenvalue weighted by atomic mass is 19.1. The Hall–Kier alpha value is -3.15. The van der Waals surface area contributed by atoms with Crippen LogP contribution in [0.4, 0.5) is 15.8 Å². The van der Waals surface area contributed by atoms with E-state index in [1.807, 2.05) is 26.0 Å². The minimum atomic E-state index is -0.573. The van der Waals surface area contributed by atoms with Crippen molar-refractivity contribution < 1.29 is 18.4 Å². The monoisotopic (exact) mass is 354 g/mol. The number of aryl methyl sites for hydroxylation is 2. The van der Waals surface area contributed by atoms with E-state index in [9.17, 15) is 14.0 Å². The highest BCUT2D eigenvalue weighted by Crippen LogP contribution is 2.27. The van der Waals surface area contributed by atoms with E-state index in [0.717, 1.165) is 27.7 Å². The van der Waals surface area contributed by atoms with Crippen LogP contribution in [-0.2, 0) is 16.0 Å². The van der Waals surface area contributed by atoms with Crippen LogP contribution in [0.3, 0.4) is 0 Å². The number of hydrogen-bond donors (Lipinski definition) is 2. The van der Waals surface area contributed by atoms with Crippen molar-refractivity contribution in [2.75, 3.05) is 10.6 Å². The molecule has 0 saturated heterocycles. The summed E-state index contributed by atoms with van der Waals surface area (Å²) in [6.07, 6.45) is 1.61. The molecule has 0 bridgehead atoms. The van der Waals surface area contributed by atoms with Crippen LogP contribution in [0.2, 0.25) is 0 Å². The Kier molecular flexibility index (Phi) is 4.75. The second kappa shape index (κ2) is 7.00. The first-order chi connectivity index (χ1) is 12.3. The lowest BCUT2D eigenvalue weighted by Gasteiger charge is -2.09. The van der Waals surface area contributed by atoms with Gasteiger partial charge in [0.05, 0.1) is 18.4 Å². The predicted molar refractivity (Wildman–Crippen MR) is 98.7 cm³/mol. The summed E-state index contributed by atoms with van der Waals surface area (Å²) in [5.41, 5.74) is 4.06. The minimum Gasteiger partial charge on any atom is -0.464 e. The lowest BCUT2D eigenvalue weighted by atomic mass is 10.0. The van der Waals surface area contributed by atoms with E-state index in [2.05, 4.69) is 10.6 Å². The summed E-state index contributed by atoms with van der Waals surface area (Å²) in [5.74, 6) is -1.22. The van der Waals surface area contributed by atoms with Gasteiger partial charge in [-0.15, -0.1) is 0 Å². The molecular weight excluding hydrogens is 335 g/mol. The highest BCUT2D eigenvalue weighted by molar-refractivity contribution is 5.97. The van der Waals surface area contributed by atoms with E-state index in [1.54, 1.807) is 6.26 Å². The van der Waals surface area contributed by atoms with Gasteiger partial charge >= 0.3 is 0 Å². The third-order valence-electron chi connectivity index (χ3n) is 4.25. The van der Waals surface area contributed by atoms with E-state index >= 15 is 0 Å². The third-order valence-corrected chi connectivity index (χ3v) is 4.25. The quantitative estimate of drug-likeness (QED) is 0.733. The zero-order valence-electron chi connectivity index (χ0n) is 14.8. The average Bonchev–Trinajstić information content (AvgIpc) is 2.97. The van der Waals surface area contributed by atoms with Gasteiger partial charge in [0, 0.05) is 23.6 Å². The molecule has 2 N–H and O–H groups in total. The van der Waals surface area contributed by atoms with Crippen molar-refractivity contribution in [2.45, 2.75) is 27.2 Å². The van der Waals surface area contributed by atoms with Gasteiger partial charge in [0.1, 0.15) is 11.4 Å². The maximum atomic E-state index is 14.0. The fourth-order valence-corrected chi connectivity index (χ4v) is 2.79. The molecule has 0 aliphatic rings. The molecule has 1 heterocycles. The maximum Gasteiger partial charge on any atom is 0.229 e. The Morgan fingerprint density at radius 3 is 2.62 bits per heavy atom. The molecule has 3 rings (SSSR count). The number of halogens is 1. The van der Waals surface area contributed by atoms with Crippen molar-refractivity contribution in [1.82, 2.24) is 0 Å². The van der Waals surface area contributed by atoms with Crippen LogP contribution in [0.5, 0.6) is 0 Å². The second-order valence-electron chi connectivity index (χ2n) is 6.25. The summed E-state index contributed by atoms with van der Waals surface area (Å²) in [6.45, 7) is 5.32. The number of carbonyl (C=O) groups excluding carboxylic acids is 2. The van der Waals surface area contributed by atoms with Crippen LogP contribution < -0.4 is 10.6 Å². The first-order valence-electron chi connectivity index (χ1n) is 8.18. The Bertz CT molecular complexity index is 1010. The highest BCUT2D eigenvalue weighted by Gasteiger charge is 2.14. The first kappa shape index (κ1) is 17.7. The van der Waals surface area contributed by atoms with Gasteiger partial charge in [-0.1, -0.05) is 12.1 Å². The lowest BCUT2D eigenvalue weighted by molar-refractivity contribution is -0.116. The molecule has 0 aliphatic heterocycles. The zero-order chi connectivity index (χ0) is 18.8. The number of anilines is 2. The van der Waals surface area contributed by atoms with E-state index in [1.165, 1.54) is 25.1 Å². The molecule has 3 aromatic rings. The Labute approximate surface area is 150 Å². The molecule has 1 aromatic heterocycles. The first-order valence-corrected chi connectivity index (χ1v) is 8.18. The van der Waals surface area contributed by atoms with Gasteiger partial charge in [0.2, 0.25) is 11.8 Å². The minimum absolute atomic E-state index is 0.0149. The molecule has 0 fully saturated rings. The summed E-state index contributed by atoms with van der Waals surface area (Å²) in [7, 11) is 0. The number of furan rings is 1. The van der Waals surface area contributed by atoms with E-state index < -0.39 is 5.82 Å². The van der Waals surface area contributed by atoms with Gasteiger partial charge in [-0.05, 0) is 43.2 Å². The number of nitrogens with one attached hydrogen (secondary N) is 2. The molecule has 0 spiro atoms. The molecule has 0 saturated carbocycles. The van der Waals surface area contributed by atoms with Crippen molar-refractivity contribution >= 4 is 34.2 Å². The van der Waals surface area contributed by atoms with Crippen molar-refractivity contribution in [1.29, 1.82) is 0 Å². The fourth-order valence-electron chi connectivity index (χ4n) is 2.79. The van der Waals surface area contributed by atoms with Gasteiger partial charge in [0.25, 0.3) is 0 Å². The predicted octanol–water partition coefficient (Wildman–Crippen LogP) is 4.33. The smallest absolute Gasteiger partial charge is 0.229 e. The molecule has 0 unspecified atom stereocenters. The average molecular weight is 354 g/mol. The van der Waals surface area contributed by atoms with Crippen LogP contribution in [0, 0.1) is 19.7 Å². The summed E-state index contributed by atoms with van der Waals surface area (Å²) in [4.78, 5) is 23.5. The number of benzene rings is 2. The summed E-state index contributed by atoms with van der Waals surface area (Å²) >= 11 is 0. The fraction of sp³-hybridized carbons (Fsp3) is 0.200. The third kappa shape index (κ3) is 3.59. The molecule has 2 aromatic carbocycles. The van der Waals surface area contributed by atoms with Crippen LogP contribution >= 0.6 is 0 Å². The van der Waals surface area contributed by atoms with Crippen molar-refractivity contribution in [3.8, 4) is 0 Å². The second-order valence-corrected chi connectivity index (χ2v) is 6.25. The molecule has 134 valence electrons. The number of amides is 2. The van der Waals surface area contributed by atoms with Gasteiger partial charge in [-0.25, -0.2) is 4.39 Å². The topological polar surface area (TPSA) is 71.3 Å². The SMILES string of the molecule is CC(=O)Nc1ccc(F)c(NC(=O)Cc2coc3c(C)c(C)ccc23)c1. The summed E-state index contributed by atoms with van der Waals surface area (Å²) in [5, 5.41) is 5.97. The molecule has 26 heavy (non-hydrogen) atoms. The van der Waals surface area contributed by atoms with E-state index in [-0.39, 0.29) is 23.9 Å². The standard InChI is InChI=1S/C20H19FN2O3/c1-11-4-6-16-14(10-26-20(16)12(11)2)8-19(25)23-18-9-15(22-13(3)24)5-7-17(18)21/h4-7,9-10H,8H2,1-3H3,(H,22,24)(H,23,25). The number of hydrogen-bond acceptors (Lipinski definition) is 3. The molecular formula is C20H19FN2O3.